The second-order valence-electron chi connectivity index (χ2n) is 4.29. The average molecular weight is 352 g/mol. The highest BCUT2D eigenvalue weighted by atomic mass is 79.9. The van der Waals surface area contributed by atoms with Crippen molar-refractivity contribution in [3.8, 4) is 0 Å². The first-order chi connectivity index (χ1) is 9.88. The molecule has 0 unspecified atom stereocenters. The van der Waals surface area contributed by atoms with Gasteiger partial charge in [0.15, 0.2) is 0 Å². The number of hydrogen-bond donors (Lipinski definition) is 1. The first-order valence-corrected chi connectivity index (χ1v) is 6.61. The van der Waals surface area contributed by atoms with Gasteiger partial charge < -0.3 is 10.3 Å². The molecular weight excluding hydrogens is 342 g/mol. The summed E-state index contributed by atoms with van der Waals surface area (Å²) < 4.78 is 1.97. The summed E-state index contributed by atoms with van der Waals surface area (Å²) in [5, 5.41) is 10.9. The molecule has 8 heteroatoms. The molecule has 0 atom stereocenters. The molecule has 0 saturated carbocycles. The number of nitrogens with two attached hydrogens (primary N) is 1. The van der Waals surface area contributed by atoms with Crippen molar-refractivity contribution in [2.45, 2.75) is 6.54 Å². The summed E-state index contributed by atoms with van der Waals surface area (Å²) in [5.74, 6) is -0.992. The summed E-state index contributed by atoms with van der Waals surface area (Å²) in [5.41, 5.74) is 4.43. The number of rotatable bonds is 4. The minimum absolute atomic E-state index is 0.105. The molecule has 0 fully saturated rings. The third-order valence-electron chi connectivity index (χ3n) is 2.81. The Hall–Kier alpha value is -2.48. The number of amides is 1. The fourth-order valence-corrected chi connectivity index (χ4v) is 2.06. The zero-order chi connectivity index (χ0) is 15.6. The lowest BCUT2D eigenvalue weighted by molar-refractivity contribution is -0.385. The summed E-state index contributed by atoms with van der Waals surface area (Å²) in [6.07, 6.45) is 1.09. The number of aromatic nitrogens is 1. The zero-order valence-corrected chi connectivity index (χ0v) is 12.2. The van der Waals surface area contributed by atoms with Crippen LogP contribution in [0.15, 0.2) is 45.8 Å². The zero-order valence-electron chi connectivity index (χ0n) is 10.7. The number of nitro groups is 1. The smallest absolute Gasteiger partial charge is 0.286 e. The van der Waals surface area contributed by atoms with Crippen molar-refractivity contribution in [2.75, 3.05) is 0 Å². The Bertz CT molecular complexity index is 768. The first kappa shape index (κ1) is 14.9. The van der Waals surface area contributed by atoms with Crippen molar-refractivity contribution in [1.29, 1.82) is 0 Å². The maximum absolute atomic E-state index is 12.1. The number of pyridine rings is 1. The molecule has 0 aliphatic rings. The second kappa shape index (κ2) is 5.88. The first-order valence-electron chi connectivity index (χ1n) is 5.81. The predicted octanol–water partition coefficient (Wildman–Crippen LogP) is 1.67. The number of benzene rings is 1. The molecule has 0 radical (unpaired) electrons. The van der Waals surface area contributed by atoms with Crippen LogP contribution >= 0.6 is 15.9 Å². The molecule has 0 saturated heterocycles. The van der Waals surface area contributed by atoms with E-state index in [1.54, 1.807) is 24.3 Å². The molecule has 108 valence electrons. The van der Waals surface area contributed by atoms with Gasteiger partial charge in [-0.2, -0.15) is 0 Å². The number of carbonyl (C=O) groups excluding carboxylic acids is 1. The largest absolute Gasteiger partial charge is 0.365 e. The van der Waals surface area contributed by atoms with E-state index in [2.05, 4.69) is 15.9 Å². The maximum Gasteiger partial charge on any atom is 0.286 e. The Morgan fingerprint density at radius 2 is 1.95 bits per heavy atom. The van der Waals surface area contributed by atoms with Crippen LogP contribution in [0.2, 0.25) is 0 Å². The second-order valence-corrected chi connectivity index (χ2v) is 5.21. The van der Waals surface area contributed by atoms with Crippen molar-refractivity contribution in [3.63, 3.8) is 0 Å². The summed E-state index contributed by atoms with van der Waals surface area (Å²) in [6.45, 7) is 0.105. The van der Waals surface area contributed by atoms with Crippen LogP contribution in [0, 0.1) is 10.1 Å². The molecule has 21 heavy (non-hydrogen) atoms. The predicted molar refractivity (Wildman–Crippen MR) is 79.1 cm³/mol. The molecule has 0 bridgehead atoms. The average Bonchev–Trinajstić information content (AvgIpc) is 2.42. The summed E-state index contributed by atoms with van der Waals surface area (Å²) >= 11 is 3.29. The van der Waals surface area contributed by atoms with Gasteiger partial charge in [0.1, 0.15) is 5.56 Å². The number of hydrogen-bond acceptors (Lipinski definition) is 4. The van der Waals surface area contributed by atoms with E-state index in [1.165, 1.54) is 0 Å². The molecule has 0 aliphatic heterocycles. The van der Waals surface area contributed by atoms with Crippen molar-refractivity contribution in [2.24, 2.45) is 5.73 Å². The standard InChI is InChI=1S/C13H10BrN3O4/c14-9-3-1-8(2-4-9)6-16-7-10(17(20)21)5-11(12(15)18)13(16)19/h1-5,7H,6H2,(H2,15,18). The lowest BCUT2D eigenvalue weighted by atomic mass is 10.2. The maximum atomic E-state index is 12.1. The van der Waals surface area contributed by atoms with Gasteiger partial charge in [-0.1, -0.05) is 28.1 Å². The monoisotopic (exact) mass is 351 g/mol. The van der Waals surface area contributed by atoms with Gasteiger partial charge in [0.25, 0.3) is 17.2 Å². The van der Waals surface area contributed by atoms with Gasteiger partial charge in [-0.05, 0) is 17.7 Å². The van der Waals surface area contributed by atoms with Crippen LogP contribution in [0.1, 0.15) is 15.9 Å². The molecule has 1 amide bonds. The molecule has 1 aromatic carbocycles. The molecule has 2 rings (SSSR count). The van der Waals surface area contributed by atoms with Crippen molar-refractivity contribution in [1.82, 2.24) is 4.57 Å². The molecule has 1 heterocycles. The van der Waals surface area contributed by atoms with E-state index < -0.39 is 22.0 Å². The van der Waals surface area contributed by atoms with Gasteiger partial charge in [-0.3, -0.25) is 19.7 Å². The number of primary amides is 1. The van der Waals surface area contributed by atoms with Gasteiger partial charge >= 0.3 is 0 Å². The van der Waals surface area contributed by atoms with Gasteiger partial charge in [0.2, 0.25) is 0 Å². The van der Waals surface area contributed by atoms with Gasteiger partial charge in [-0.25, -0.2) is 0 Å². The molecule has 2 N–H and O–H groups in total. The van der Waals surface area contributed by atoms with E-state index in [0.717, 1.165) is 26.9 Å². The minimum Gasteiger partial charge on any atom is -0.365 e. The van der Waals surface area contributed by atoms with Crippen molar-refractivity contribution >= 4 is 27.5 Å². The molecule has 2 aromatic rings. The van der Waals surface area contributed by atoms with E-state index >= 15 is 0 Å². The van der Waals surface area contributed by atoms with Gasteiger partial charge in [0, 0.05) is 10.5 Å². The molecular formula is C13H10BrN3O4. The molecule has 0 aliphatic carbocycles. The van der Waals surface area contributed by atoms with Gasteiger partial charge in [-0.15, -0.1) is 0 Å². The highest BCUT2D eigenvalue weighted by Crippen LogP contribution is 2.14. The number of nitrogens with zero attached hydrogens (tertiary/aromatic N) is 2. The Balaban J connectivity index is 2.51. The van der Waals surface area contributed by atoms with Crippen LogP contribution in [0.25, 0.3) is 0 Å². The Morgan fingerprint density at radius 1 is 1.33 bits per heavy atom. The Kier molecular flexibility index (Phi) is 4.18. The van der Waals surface area contributed by atoms with Crippen molar-refractivity contribution < 1.29 is 9.72 Å². The van der Waals surface area contributed by atoms with Crippen LogP contribution in [0.5, 0.6) is 0 Å². The van der Waals surface area contributed by atoms with Crippen LogP contribution in [-0.2, 0) is 6.54 Å². The van der Waals surface area contributed by atoms with E-state index in [9.17, 15) is 19.7 Å². The normalized spacial score (nSPS) is 10.3. The van der Waals surface area contributed by atoms with Crippen LogP contribution in [0.3, 0.4) is 0 Å². The SMILES string of the molecule is NC(=O)c1cc([N+](=O)[O-])cn(Cc2ccc(Br)cc2)c1=O. The van der Waals surface area contributed by atoms with E-state index in [0.29, 0.717) is 0 Å². The number of halogens is 1. The third-order valence-corrected chi connectivity index (χ3v) is 3.34. The highest BCUT2D eigenvalue weighted by Gasteiger charge is 2.17. The minimum atomic E-state index is -0.992. The van der Waals surface area contributed by atoms with E-state index in [4.69, 9.17) is 5.73 Å². The van der Waals surface area contributed by atoms with Gasteiger partial charge in [0.05, 0.1) is 17.7 Å². The molecule has 0 spiro atoms. The Morgan fingerprint density at radius 3 is 2.48 bits per heavy atom. The fraction of sp³-hybridized carbons (Fsp3) is 0.0769. The molecule has 7 nitrogen and oxygen atoms in total. The third kappa shape index (κ3) is 3.34. The highest BCUT2D eigenvalue weighted by molar-refractivity contribution is 9.10. The summed E-state index contributed by atoms with van der Waals surface area (Å²) in [6, 6.07) is 7.99. The van der Waals surface area contributed by atoms with Crippen LogP contribution in [0.4, 0.5) is 5.69 Å². The quantitative estimate of drug-likeness (QED) is 0.667. The molecule has 1 aromatic heterocycles. The van der Waals surface area contributed by atoms with Crippen molar-refractivity contribution in [3.05, 3.63) is 72.6 Å². The topological polar surface area (TPSA) is 108 Å². The summed E-state index contributed by atoms with van der Waals surface area (Å²) in [7, 11) is 0. The Labute approximate surface area is 127 Å². The van der Waals surface area contributed by atoms with Crippen LogP contribution < -0.4 is 11.3 Å². The summed E-state index contributed by atoms with van der Waals surface area (Å²) in [4.78, 5) is 33.5. The lowest BCUT2D eigenvalue weighted by Gasteiger charge is -2.07. The van der Waals surface area contributed by atoms with Crippen LogP contribution in [-0.4, -0.2) is 15.4 Å². The lowest BCUT2D eigenvalue weighted by Crippen LogP contribution is -2.30. The number of carbonyl (C=O) groups is 1. The fourth-order valence-electron chi connectivity index (χ4n) is 1.80. The van der Waals surface area contributed by atoms with E-state index in [-0.39, 0.29) is 12.2 Å². The van der Waals surface area contributed by atoms with E-state index in [1.807, 2.05) is 0 Å².